The molecule has 3 nitrogen and oxygen atoms in total. The van der Waals surface area contributed by atoms with Crippen LogP contribution in [0.3, 0.4) is 0 Å². The van der Waals surface area contributed by atoms with Crippen molar-refractivity contribution in [1.82, 2.24) is 14.6 Å². The molecule has 0 N–H and O–H groups in total. The third-order valence-electron chi connectivity index (χ3n) is 3.93. The highest BCUT2D eigenvalue weighted by Crippen LogP contribution is 2.26. The van der Waals surface area contributed by atoms with Gasteiger partial charge in [0.15, 0.2) is 5.65 Å². The van der Waals surface area contributed by atoms with Gasteiger partial charge < -0.3 is 0 Å². The number of aryl methyl sites for hydroxylation is 2. The van der Waals surface area contributed by atoms with E-state index in [2.05, 4.69) is 44.2 Å². The van der Waals surface area contributed by atoms with Gasteiger partial charge in [-0.05, 0) is 70.9 Å². The number of halogens is 1. The first-order valence-electron chi connectivity index (χ1n) is 6.94. The average Bonchev–Trinajstić information content (AvgIpc) is 2.85. The smallest absolute Gasteiger partial charge is 0.154 e. The maximum Gasteiger partial charge on any atom is 0.154 e. The minimum atomic E-state index is 0.813. The Labute approximate surface area is 125 Å². The Hall–Kier alpha value is -1.68. The van der Waals surface area contributed by atoms with Crippen LogP contribution in [0, 0.1) is 0 Å². The zero-order valence-corrected chi connectivity index (χ0v) is 12.6. The molecule has 1 aliphatic rings. The van der Waals surface area contributed by atoms with Gasteiger partial charge in [0.25, 0.3) is 0 Å². The molecule has 2 aromatic heterocycles. The fourth-order valence-electron chi connectivity index (χ4n) is 2.90. The third-order valence-corrected chi connectivity index (χ3v) is 4.32. The molecule has 0 fully saturated rings. The molecule has 100 valence electrons. The summed E-state index contributed by atoms with van der Waals surface area (Å²) in [7, 11) is 0. The van der Waals surface area contributed by atoms with Crippen molar-refractivity contribution in [3.63, 3.8) is 0 Å². The lowest BCUT2D eigenvalue weighted by molar-refractivity contribution is 0.686. The molecule has 0 aliphatic heterocycles. The molecular weight excluding hydrogens is 314 g/mol. The molecule has 0 saturated heterocycles. The van der Waals surface area contributed by atoms with E-state index in [0.717, 1.165) is 15.9 Å². The van der Waals surface area contributed by atoms with Gasteiger partial charge in [-0.25, -0.2) is 9.50 Å². The maximum atomic E-state index is 4.64. The van der Waals surface area contributed by atoms with E-state index in [9.17, 15) is 0 Å². The van der Waals surface area contributed by atoms with E-state index in [-0.39, 0.29) is 0 Å². The third kappa shape index (κ3) is 2.04. The standard InChI is InChI=1S/C16H14BrN3/c17-15-10-20-16(18-15)8-7-14(19-20)13-6-5-11-3-1-2-4-12(11)9-13/h5-10H,1-4H2. The SMILES string of the molecule is Brc1cn2nc(-c3ccc4c(c3)CCCC4)ccc2n1. The van der Waals surface area contributed by atoms with Crippen LogP contribution in [0.2, 0.25) is 0 Å². The van der Waals surface area contributed by atoms with E-state index in [1.54, 1.807) is 0 Å². The van der Waals surface area contributed by atoms with Crippen molar-refractivity contribution in [2.24, 2.45) is 0 Å². The van der Waals surface area contributed by atoms with E-state index in [0.29, 0.717) is 0 Å². The summed E-state index contributed by atoms with van der Waals surface area (Å²) in [4.78, 5) is 4.34. The minimum Gasteiger partial charge on any atom is -0.220 e. The van der Waals surface area contributed by atoms with Gasteiger partial charge in [-0.1, -0.05) is 12.1 Å². The largest absolute Gasteiger partial charge is 0.220 e. The second kappa shape index (κ2) is 4.70. The minimum absolute atomic E-state index is 0.813. The summed E-state index contributed by atoms with van der Waals surface area (Å²) < 4.78 is 2.63. The molecule has 1 aliphatic carbocycles. The molecule has 1 aromatic carbocycles. The summed E-state index contributed by atoms with van der Waals surface area (Å²) in [5.41, 5.74) is 6.04. The lowest BCUT2D eigenvalue weighted by Gasteiger charge is -2.16. The van der Waals surface area contributed by atoms with Crippen LogP contribution >= 0.6 is 15.9 Å². The Morgan fingerprint density at radius 1 is 1.00 bits per heavy atom. The van der Waals surface area contributed by atoms with Gasteiger partial charge in [-0.2, -0.15) is 5.10 Å². The zero-order valence-electron chi connectivity index (χ0n) is 11.0. The molecule has 0 spiro atoms. The van der Waals surface area contributed by atoms with Crippen LogP contribution in [-0.2, 0) is 12.8 Å². The van der Waals surface area contributed by atoms with E-state index in [1.807, 2.05) is 22.8 Å². The monoisotopic (exact) mass is 327 g/mol. The molecule has 4 heteroatoms. The molecule has 0 atom stereocenters. The topological polar surface area (TPSA) is 30.2 Å². The summed E-state index contributed by atoms with van der Waals surface area (Å²) in [6, 6.07) is 10.8. The number of hydrogen-bond donors (Lipinski definition) is 0. The predicted molar refractivity (Wildman–Crippen MR) is 82.8 cm³/mol. The molecule has 3 aromatic rings. The van der Waals surface area contributed by atoms with Crippen molar-refractivity contribution >= 4 is 21.6 Å². The van der Waals surface area contributed by atoms with Crippen LogP contribution < -0.4 is 0 Å². The van der Waals surface area contributed by atoms with E-state index < -0.39 is 0 Å². The van der Waals surface area contributed by atoms with Crippen molar-refractivity contribution in [2.45, 2.75) is 25.7 Å². The zero-order chi connectivity index (χ0) is 13.5. The van der Waals surface area contributed by atoms with Crippen LogP contribution in [0.1, 0.15) is 24.0 Å². The first-order valence-corrected chi connectivity index (χ1v) is 7.73. The fraction of sp³-hybridized carbons (Fsp3) is 0.250. The summed E-state index contributed by atoms with van der Waals surface area (Å²) >= 11 is 3.38. The highest BCUT2D eigenvalue weighted by Gasteiger charge is 2.11. The van der Waals surface area contributed by atoms with Gasteiger partial charge >= 0.3 is 0 Å². The van der Waals surface area contributed by atoms with Gasteiger partial charge in [0.05, 0.1) is 11.9 Å². The Bertz CT molecular complexity index is 792. The Morgan fingerprint density at radius 2 is 1.85 bits per heavy atom. The Kier molecular flexibility index (Phi) is 2.84. The number of fused-ring (bicyclic) bond motifs is 2. The summed E-state index contributed by atoms with van der Waals surface area (Å²) in [5.74, 6) is 0. The summed E-state index contributed by atoms with van der Waals surface area (Å²) in [6.07, 6.45) is 6.92. The number of hydrogen-bond acceptors (Lipinski definition) is 2. The normalized spacial score (nSPS) is 14.4. The second-order valence-electron chi connectivity index (χ2n) is 5.28. The molecule has 0 unspecified atom stereocenters. The lowest BCUT2D eigenvalue weighted by atomic mass is 9.90. The number of nitrogens with zero attached hydrogens (tertiary/aromatic N) is 3. The van der Waals surface area contributed by atoms with E-state index in [1.165, 1.54) is 42.4 Å². The van der Waals surface area contributed by atoms with Crippen molar-refractivity contribution in [3.05, 3.63) is 52.3 Å². The number of rotatable bonds is 1. The number of aromatic nitrogens is 3. The van der Waals surface area contributed by atoms with Crippen molar-refractivity contribution in [1.29, 1.82) is 0 Å². The molecule has 20 heavy (non-hydrogen) atoms. The molecule has 0 radical (unpaired) electrons. The Balaban J connectivity index is 1.81. The van der Waals surface area contributed by atoms with Crippen LogP contribution in [-0.4, -0.2) is 14.6 Å². The molecule has 4 rings (SSSR count). The van der Waals surface area contributed by atoms with Crippen LogP contribution in [0.15, 0.2) is 41.1 Å². The van der Waals surface area contributed by atoms with Crippen molar-refractivity contribution in [3.8, 4) is 11.3 Å². The maximum absolute atomic E-state index is 4.64. The first kappa shape index (κ1) is 12.1. The number of benzene rings is 1. The first-order chi connectivity index (χ1) is 9.79. The van der Waals surface area contributed by atoms with Crippen LogP contribution in [0.25, 0.3) is 16.9 Å². The average molecular weight is 328 g/mol. The summed E-state index contributed by atoms with van der Waals surface area (Å²) in [5, 5.41) is 4.64. The van der Waals surface area contributed by atoms with Gasteiger partial charge in [0.2, 0.25) is 0 Å². The highest BCUT2D eigenvalue weighted by molar-refractivity contribution is 9.10. The van der Waals surface area contributed by atoms with Gasteiger partial charge in [-0.3, -0.25) is 0 Å². The van der Waals surface area contributed by atoms with Crippen molar-refractivity contribution in [2.75, 3.05) is 0 Å². The quantitative estimate of drug-likeness (QED) is 0.675. The molecule has 2 heterocycles. The van der Waals surface area contributed by atoms with Gasteiger partial charge in [0.1, 0.15) is 4.60 Å². The van der Waals surface area contributed by atoms with E-state index >= 15 is 0 Å². The van der Waals surface area contributed by atoms with Crippen LogP contribution in [0.5, 0.6) is 0 Å². The van der Waals surface area contributed by atoms with E-state index in [4.69, 9.17) is 0 Å². The molecule has 0 saturated carbocycles. The van der Waals surface area contributed by atoms with Crippen molar-refractivity contribution < 1.29 is 0 Å². The molecule has 0 amide bonds. The summed E-state index contributed by atoms with van der Waals surface area (Å²) in [6.45, 7) is 0. The lowest BCUT2D eigenvalue weighted by Crippen LogP contribution is -2.02. The number of imidazole rings is 1. The molecule has 0 bridgehead atoms. The Morgan fingerprint density at radius 3 is 2.75 bits per heavy atom. The fourth-order valence-corrected chi connectivity index (χ4v) is 3.28. The van der Waals surface area contributed by atoms with Gasteiger partial charge in [0, 0.05) is 5.56 Å². The highest BCUT2D eigenvalue weighted by atomic mass is 79.9. The second-order valence-corrected chi connectivity index (χ2v) is 6.09. The van der Waals surface area contributed by atoms with Gasteiger partial charge in [-0.15, -0.1) is 0 Å². The molecular formula is C16H14BrN3. The van der Waals surface area contributed by atoms with Crippen LogP contribution in [0.4, 0.5) is 0 Å². The predicted octanol–water partition coefficient (Wildman–Crippen LogP) is 4.04.